The number of ether oxygens (including phenoxy) is 1. The number of carbonyl (C=O) groups is 1. The second kappa shape index (κ2) is 10.3. The Bertz CT molecular complexity index is 1030. The molecule has 0 spiro atoms. The number of hydrogen-bond acceptors (Lipinski definition) is 3. The number of likely N-dealkylation sites (tertiary alicyclic amines) is 1. The first-order valence-electron chi connectivity index (χ1n) is 11.1. The van der Waals surface area contributed by atoms with Crippen LogP contribution in [0.25, 0.3) is 10.8 Å². The van der Waals surface area contributed by atoms with Crippen molar-refractivity contribution in [1.82, 2.24) is 15.5 Å². The van der Waals surface area contributed by atoms with E-state index in [1.807, 2.05) is 30.3 Å². The number of nitrogens with zero attached hydrogens (tertiary/aromatic N) is 1. The Balaban J connectivity index is 1.30. The van der Waals surface area contributed by atoms with Crippen molar-refractivity contribution in [3.63, 3.8) is 0 Å². The molecule has 2 N–H and O–H groups in total. The second-order valence-electron chi connectivity index (χ2n) is 8.19. The van der Waals surface area contributed by atoms with Crippen LogP contribution in [-0.2, 0) is 19.6 Å². The minimum atomic E-state index is -0.150. The summed E-state index contributed by atoms with van der Waals surface area (Å²) in [7, 11) is 1.67. The molecule has 1 aliphatic rings. The molecule has 0 aliphatic carbocycles. The lowest BCUT2D eigenvalue weighted by Crippen LogP contribution is -2.35. The van der Waals surface area contributed by atoms with Crippen molar-refractivity contribution in [2.75, 3.05) is 20.2 Å². The molecule has 31 heavy (non-hydrogen) atoms. The lowest BCUT2D eigenvalue weighted by atomic mass is 10.0. The molecular formula is C26H31N3O2. The predicted octanol–water partition coefficient (Wildman–Crippen LogP) is 4.83. The number of benzene rings is 3. The van der Waals surface area contributed by atoms with E-state index in [1.54, 1.807) is 7.11 Å². The van der Waals surface area contributed by atoms with E-state index in [0.717, 1.165) is 28.6 Å². The van der Waals surface area contributed by atoms with Gasteiger partial charge in [0.1, 0.15) is 5.75 Å². The third kappa shape index (κ3) is 5.76. The van der Waals surface area contributed by atoms with Crippen molar-refractivity contribution in [2.45, 2.75) is 38.9 Å². The first-order chi connectivity index (χ1) is 15.2. The molecule has 2 amide bonds. The number of piperidine rings is 1. The Morgan fingerprint density at radius 3 is 2.39 bits per heavy atom. The van der Waals surface area contributed by atoms with Crippen LogP contribution in [-0.4, -0.2) is 31.1 Å². The van der Waals surface area contributed by atoms with Gasteiger partial charge in [-0.05, 0) is 71.6 Å². The van der Waals surface area contributed by atoms with Gasteiger partial charge in [-0.2, -0.15) is 0 Å². The van der Waals surface area contributed by atoms with Crippen molar-refractivity contribution in [1.29, 1.82) is 0 Å². The highest BCUT2D eigenvalue weighted by molar-refractivity contribution is 5.84. The molecule has 5 nitrogen and oxygen atoms in total. The van der Waals surface area contributed by atoms with Crippen molar-refractivity contribution in [3.8, 4) is 5.75 Å². The SMILES string of the molecule is COc1ccc2cc(CNC(=O)NCc3ccccc3CN3CCCCC3)ccc2c1. The molecule has 1 saturated heterocycles. The highest BCUT2D eigenvalue weighted by atomic mass is 16.5. The zero-order chi connectivity index (χ0) is 21.5. The Morgan fingerprint density at radius 2 is 1.58 bits per heavy atom. The van der Waals surface area contributed by atoms with Gasteiger partial charge in [0.15, 0.2) is 0 Å². The summed E-state index contributed by atoms with van der Waals surface area (Å²) in [6, 6.07) is 20.5. The van der Waals surface area contributed by atoms with E-state index < -0.39 is 0 Å². The third-order valence-electron chi connectivity index (χ3n) is 5.97. The van der Waals surface area contributed by atoms with Crippen LogP contribution in [0, 0.1) is 0 Å². The molecule has 0 atom stereocenters. The van der Waals surface area contributed by atoms with E-state index in [-0.39, 0.29) is 6.03 Å². The van der Waals surface area contributed by atoms with Crippen LogP contribution in [0.5, 0.6) is 5.75 Å². The monoisotopic (exact) mass is 417 g/mol. The summed E-state index contributed by atoms with van der Waals surface area (Å²) in [5, 5.41) is 8.24. The van der Waals surface area contributed by atoms with Crippen molar-refractivity contribution < 1.29 is 9.53 Å². The van der Waals surface area contributed by atoms with Gasteiger partial charge in [-0.25, -0.2) is 4.79 Å². The first-order valence-corrected chi connectivity index (χ1v) is 11.1. The Morgan fingerprint density at radius 1 is 0.871 bits per heavy atom. The summed E-state index contributed by atoms with van der Waals surface area (Å²) in [5.41, 5.74) is 3.55. The predicted molar refractivity (Wildman–Crippen MR) is 125 cm³/mol. The maximum Gasteiger partial charge on any atom is 0.315 e. The van der Waals surface area contributed by atoms with Crippen LogP contribution >= 0.6 is 0 Å². The van der Waals surface area contributed by atoms with Crippen LogP contribution in [0.2, 0.25) is 0 Å². The molecule has 3 aromatic carbocycles. The number of fused-ring (bicyclic) bond motifs is 1. The number of nitrogens with one attached hydrogen (secondary N) is 2. The molecule has 0 aromatic heterocycles. The zero-order valence-electron chi connectivity index (χ0n) is 18.2. The number of methoxy groups -OCH3 is 1. The molecule has 1 heterocycles. The van der Waals surface area contributed by atoms with E-state index in [2.05, 4.69) is 45.9 Å². The molecule has 0 bridgehead atoms. The second-order valence-corrected chi connectivity index (χ2v) is 8.19. The maximum absolute atomic E-state index is 12.4. The Kier molecular flexibility index (Phi) is 7.05. The molecule has 0 saturated carbocycles. The summed E-state index contributed by atoms with van der Waals surface area (Å²) in [6.07, 6.45) is 3.90. The van der Waals surface area contributed by atoms with E-state index in [1.165, 1.54) is 43.5 Å². The molecule has 5 heteroatoms. The zero-order valence-corrected chi connectivity index (χ0v) is 18.2. The van der Waals surface area contributed by atoms with Crippen LogP contribution in [0.4, 0.5) is 4.79 Å². The molecule has 162 valence electrons. The summed E-state index contributed by atoms with van der Waals surface area (Å²) in [5.74, 6) is 0.846. The highest BCUT2D eigenvalue weighted by Crippen LogP contribution is 2.22. The number of hydrogen-bond donors (Lipinski definition) is 2. The maximum atomic E-state index is 12.4. The van der Waals surface area contributed by atoms with E-state index in [0.29, 0.717) is 13.1 Å². The summed E-state index contributed by atoms with van der Waals surface area (Å²) in [4.78, 5) is 14.9. The molecular weight excluding hydrogens is 386 g/mol. The lowest BCUT2D eigenvalue weighted by Gasteiger charge is -2.27. The van der Waals surface area contributed by atoms with E-state index in [9.17, 15) is 4.79 Å². The van der Waals surface area contributed by atoms with Gasteiger partial charge in [0, 0.05) is 19.6 Å². The molecule has 0 radical (unpaired) electrons. The normalized spacial score (nSPS) is 14.4. The number of carbonyl (C=O) groups excluding carboxylic acids is 1. The van der Waals surface area contributed by atoms with Gasteiger partial charge < -0.3 is 15.4 Å². The Hall–Kier alpha value is -3.05. The fourth-order valence-electron chi connectivity index (χ4n) is 4.17. The van der Waals surface area contributed by atoms with Crippen LogP contribution in [0.3, 0.4) is 0 Å². The summed E-state index contributed by atoms with van der Waals surface area (Å²) < 4.78 is 5.28. The number of rotatable bonds is 7. The van der Waals surface area contributed by atoms with Crippen LogP contribution in [0.1, 0.15) is 36.0 Å². The van der Waals surface area contributed by atoms with Crippen LogP contribution < -0.4 is 15.4 Å². The minimum absolute atomic E-state index is 0.150. The standard InChI is InChI=1S/C26H31N3O2/c1-31-25-12-11-21-15-20(9-10-22(21)16-25)17-27-26(30)28-18-23-7-3-4-8-24(23)19-29-13-5-2-6-14-29/h3-4,7-12,15-16H,2,5-6,13-14,17-19H2,1H3,(H2,27,28,30). The molecule has 0 unspecified atom stereocenters. The third-order valence-corrected chi connectivity index (χ3v) is 5.97. The Labute approximate surface area is 184 Å². The number of urea groups is 1. The fraction of sp³-hybridized carbons (Fsp3) is 0.346. The van der Waals surface area contributed by atoms with Gasteiger partial charge >= 0.3 is 6.03 Å². The van der Waals surface area contributed by atoms with Gasteiger partial charge in [0.05, 0.1) is 7.11 Å². The lowest BCUT2D eigenvalue weighted by molar-refractivity contribution is 0.220. The van der Waals surface area contributed by atoms with Crippen molar-refractivity contribution in [2.24, 2.45) is 0 Å². The number of amides is 2. The largest absolute Gasteiger partial charge is 0.497 e. The van der Waals surface area contributed by atoms with Gasteiger partial charge in [0.2, 0.25) is 0 Å². The minimum Gasteiger partial charge on any atom is -0.497 e. The smallest absolute Gasteiger partial charge is 0.315 e. The average molecular weight is 418 g/mol. The summed E-state index contributed by atoms with van der Waals surface area (Å²) in [6.45, 7) is 4.32. The fourth-order valence-corrected chi connectivity index (χ4v) is 4.17. The molecule has 1 aliphatic heterocycles. The molecule has 1 fully saturated rings. The van der Waals surface area contributed by atoms with Gasteiger partial charge in [-0.15, -0.1) is 0 Å². The highest BCUT2D eigenvalue weighted by Gasteiger charge is 2.12. The van der Waals surface area contributed by atoms with E-state index >= 15 is 0 Å². The van der Waals surface area contributed by atoms with Crippen molar-refractivity contribution in [3.05, 3.63) is 77.4 Å². The van der Waals surface area contributed by atoms with Crippen LogP contribution in [0.15, 0.2) is 60.7 Å². The van der Waals surface area contributed by atoms with Crippen molar-refractivity contribution >= 4 is 16.8 Å². The molecule has 3 aromatic rings. The quantitative estimate of drug-likeness (QED) is 0.579. The van der Waals surface area contributed by atoms with Gasteiger partial charge in [-0.3, -0.25) is 4.90 Å². The van der Waals surface area contributed by atoms with Gasteiger partial charge in [-0.1, -0.05) is 48.9 Å². The summed E-state index contributed by atoms with van der Waals surface area (Å²) >= 11 is 0. The van der Waals surface area contributed by atoms with E-state index in [4.69, 9.17) is 4.74 Å². The topological polar surface area (TPSA) is 53.6 Å². The average Bonchev–Trinajstić information content (AvgIpc) is 2.82. The van der Waals surface area contributed by atoms with Gasteiger partial charge in [0.25, 0.3) is 0 Å². The first kappa shape index (κ1) is 21.2. The molecule has 4 rings (SSSR count).